The molecule has 1 N–H and O–H groups in total. The molecule has 0 radical (unpaired) electrons. The van der Waals surface area contributed by atoms with E-state index in [0.717, 1.165) is 0 Å². The highest BCUT2D eigenvalue weighted by Crippen LogP contribution is 2.29. The maximum absolute atomic E-state index is 12.2. The number of hydrogen-bond acceptors (Lipinski definition) is 6. The van der Waals surface area contributed by atoms with Crippen molar-refractivity contribution in [3.63, 3.8) is 0 Å². The number of amides is 3. The minimum absolute atomic E-state index is 0.0285. The van der Waals surface area contributed by atoms with Crippen LogP contribution in [0.4, 0.5) is 4.79 Å². The van der Waals surface area contributed by atoms with Crippen LogP contribution in [-0.4, -0.2) is 65.8 Å². The zero-order valence-electron chi connectivity index (χ0n) is 13.8. The minimum atomic E-state index is -0.627. The molecule has 23 heavy (non-hydrogen) atoms. The summed E-state index contributed by atoms with van der Waals surface area (Å²) in [6.45, 7) is 5.26. The number of piperidine rings is 1. The largest absolute Gasteiger partial charge is 0.458 e. The summed E-state index contributed by atoms with van der Waals surface area (Å²) in [5.74, 6) is -1.04. The van der Waals surface area contributed by atoms with E-state index in [2.05, 4.69) is 5.48 Å². The lowest BCUT2D eigenvalue weighted by Gasteiger charge is -2.28. The Morgan fingerprint density at radius 3 is 2.61 bits per heavy atom. The Hall–Kier alpha value is -1.87. The summed E-state index contributed by atoms with van der Waals surface area (Å²) in [5, 5.41) is 1.29. The molecule has 0 aromatic carbocycles. The maximum Gasteiger partial charge on any atom is 0.345 e. The molecule has 0 spiro atoms. The van der Waals surface area contributed by atoms with Crippen molar-refractivity contribution in [3.05, 3.63) is 0 Å². The lowest BCUT2D eigenvalue weighted by Crippen LogP contribution is -2.50. The molecule has 2 aliphatic rings. The molecule has 2 unspecified atom stereocenters. The molecule has 2 saturated heterocycles. The average Bonchev–Trinajstić information content (AvgIpc) is 2.68. The first-order valence-electron chi connectivity index (χ1n) is 7.50. The molecule has 3 amide bonds. The Bertz CT molecular complexity index is 489. The molecule has 0 aliphatic carbocycles. The Labute approximate surface area is 134 Å². The Balaban J connectivity index is 1.81. The number of hydrogen-bond donors (Lipinski definition) is 1. The van der Waals surface area contributed by atoms with Gasteiger partial charge in [-0.2, -0.15) is 5.06 Å². The van der Waals surface area contributed by atoms with Gasteiger partial charge in [-0.05, 0) is 33.6 Å². The van der Waals surface area contributed by atoms with Crippen LogP contribution in [0.2, 0.25) is 0 Å². The van der Waals surface area contributed by atoms with E-state index in [9.17, 15) is 14.4 Å². The zero-order chi connectivity index (χ0) is 17.2. The SMILES string of the molecule is CON1C(=O)N2CC1CCC2C(=O)NOCC(=O)OC(C)(C)C. The van der Waals surface area contributed by atoms with E-state index in [-0.39, 0.29) is 12.1 Å². The number of ether oxygens (including phenoxy) is 1. The number of carbonyl (C=O) groups excluding carboxylic acids is 3. The van der Waals surface area contributed by atoms with Crippen molar-refractivity contribution in [1.82, 2.24) is 15.4 Å². The number of nitrogens with zero attached hydrogens (tertiary/aromatic N) is 2. The van der Waals surface area contributed by atoms with Crippen molar-refractivity contribution < 1.29 is 28.8 Å². The number of urea groups is 1. The molecule has 2 heterocycles. The molecule has 2 bridgehead atoms. The fourth-order valence-electron chi connectivity index (χ4n) is 2.74. The van der Waals surface area contributed by atoms with Crippen LogP contribution in [0.25, 0.3) is 0 Å². The van der Waals surface area contributed by atoms with Crippen LogP contribution in [0.3, 0.4) is 0 Å². The summed E-state index contributed by atoms with van der Waals surface area (Å²) in [5.41, 5.74) is 1.60. The summed E-state index contributed by atoms with van der Waals surface area (Å²) < 4.78 is 5.06. The molecule has 130 valence electrons. The fraction of sp³-hybridized carbons (Fsp3) is 0.786. The summed E-state index contributed by atoms with van der Waals surface area (Å²) in [6.07, 6.45) is 1.18. The van der Waals surface area contributed by atoms with E-state index < -0.39 is 30.1 Å². The van der Waals surface area contributed by atoms with Crippen LogP contribution in [0.1, 0.15) is 33.6 Å². The topological polar surface area (TPSA) is 97.4 Å². The van der Waals surface area contributed by atoms with Crippen molar-refractivity contribution in [3.8, 4) is 0 Å². The summed E-state index contributed by atoms with van der Waals surface area (Å²) >= 11 is 0. The molecule has 2 fully saturated rings. The van der Waals surface area contributed by atoms with Crippen LogP contribution in [0.5, 0.6) is 0 Å². The number of carbonyl (C=O) groups is 3. The van der Waals surface area contributed by atoms with Crippen LogP contribution in [-0.2, 0) is 24.0 Å². The Morgan fingerprint density at radius 2 is 2.00 bits per heavy atom. The van der Waals surface area contributed by atoms with Gasteiger partial charge < -0.3 is 9.64 Å². The Morgan fingerprint density at radius 1 is 1.30 bits per heavy atom. The van der Waals surface area contributed by atoms with E-state index in [1.54, 1.807) is 20.8 Å². The van der Waals surface area contributed by atoms with Crippen molar-refractivity contribution in [2.24, 2.45) is 0 Å². The van der Waals surface area contributed by atoms with Gasteiger partial charge in [0.15, 0.2) is 6.61 Å². The highest BCUT2D eigenvalue weighted by Gasteiger charge is 2.47. The van der Waals surface area contributed by atoms with Gasteiger partial charge >= 0.3 is 12.0 Å². The van der Waals surface area contributed by atoms with Gasteiger partial charge in [0.25, 0.3) is 5.91 Å². The normalized spacial score (nSPS) is 23.9. The zero-order valence-corrected chi connectivity index (χ0v) is 13.8. The third-order valence-electron chi connectivity index (χ3n) is 3.61. The lowest BCUT2D eigenvalue weighted by atomic mass is 10.0. The van der Waals surface area contributed by atoms with E-state index in [1.165, 1.54) is 17.1 Å². The number of nitrogens with one attached hydrogen (secondary N) is 1. The molecular formula is C14H23N3O6. The van der Waals surface area contributed by atoms with E-state index in [1.807, 2.05) is 0 Å². The van der Waals surface area contributed by atoms with Crippen molar-refractivity contribution in [1.29, 1.82) is 0 Å². The van der Waals surface area contributed by atoms with Gasteiger partial charge in [-0.1, -0.05) is 0 Å². The van der Waals surface area contributed by atoms with Gasteiger partial charge in [0, 0.05) is 6.54 Å². The Kier molecular flexibility index (Phi) is 5.10. The van der Waals surface area contributed by atoms with Gasteiger partial charge in [0.1, 0.15) is 11.6 Å². The summed E-state index contributed by atoms with van der Waals surface area (Å²) in [7, 11) is 1.43. The molecule has 2 aliphatic heterocycles. The number of hydroxylamine groups is 3. The lowest BCUT2D eigenvalue weighted by molar-refractivity contribution is -0.165. The second-order valence-electron chi connectivity index (χ2n) is 6.53. The second-order valence-corrected chi connectivity index (χ2v) is 6.53. The molecule has 0 aromatic heterocycles. The molecule has 0 saturated carbocycles. The number of esters is 1. The van der Waals surface area contributed by atoms with Crippen LogP contribution < -0.4 is 5.48 Å². The molecular weight excluding hydrogens is 306 g/mol. The van der Waals surface area contributed by atoms with Gasteiger partial charge in [-0.25, -0.2) is 15.1 Å². The molecule has 2 atom stereocenters. The second kappa shape index (κ2) is 6.71. The molecule has 9 nitrogen and oxygen atoms in total. The van der Waals surface area contributed by atoms with Gasteiger partial charge in [0.05, 0.1) is 13.2 Å². The quantitative estimate of drug-likeness (QED) is 0.572. The first-order chi connectivity index (χ1) is 10.7. The minimum Gasteiger partial charge on any atom is -0.458 e. The van der Waals surface area contributed by atoms with E-state index in [4.69, 9.17) is 14.4 Å². The van der Waals surface area contributed by atoms with E-state index in [0.29, 0.717) is 19.4 Å². The molecule has 9 heteroatoms. The van der Waals surface area contributed by atoms with Crippen LogP contribution in [0.15, 0.2) is 0 Å². The summed E-state index contributed by atoms with van der Waals surface area (Å²) in [6, 6.07) is -0.987. The monoisotopic (exact) mass is 329 g/mol. The van der Waals surface area contributed by atoms with Gasteiger partial charge in [0.2, 0.25) is 0 Å². The van der Waals surface area contributed by atoms with Crippen LogP contribution >= 0.6 is 0 Å². The summed E-state index contributed by atoms with van der Waals surface area (Å²) in [4.78, 5) is 47.1. The van der Waals surface area contributed by atoms with Gasteiger partial charge in [-0.3, -0.25) is 14.5 Å². The maximum atomic E-state index is 12.2. The van der Waals surface area contributed by atoms with Crippen LogP contribution in [0, 0.1) is 0 Å². The smallest absolute Gasteiger partial charge is 0.345 e. The molecule has 0 aromatic rings. The predicted octanol–water partition coefficient (Wildman–Crippen LogP) is 0.206. The number of rotatable bonds is 5. The molecule has 2 rings (SSSR count). The fourth-order valence-corrected chi connectivity index (χ4v) is 2.74. The third-order valence-corrected chi connectivity index (χ3v) is 3.61. The standard InChI is InChI=1S/C14H23N3O6/c1-14(2,3)23-11(18)8-22-15-12(19)10-6-5-9-7-16(10)13(20)17(9)21-4/h9-10H,5-8H2,1-4H3,(H,15,19). The predicted molar refractivity (Wildman–Crippen MR) is 77.7 cm³/mol. The third kappa shape index (κ3) is 4.11. The highest BCUT2D eigenvalue weighted by molar-refractivity contribution is 5.88. The van der Waals surface area contributed by atoms with Crippen molar-refractivity contribution in [2.45, 2.75) is 51.3 Å². The van der Waals surface area contributed by atoms with Crippen molar-refractivity contribution in [2.75, 3.05) is 20.3 Å². The van der Waals surface area contributed by atoms with Gasteiger partial charge in [-0.15, -0.1) is 0 Å². The average molecular weight is 329 g/mol. The highest BCUT2D eigenvalue weighted by atomic mass is 16.7. The van der Waals surface area contributed by atoms with E-state index >= 15 is 0 Å². The first kappa shape index (κ1) is 17.5. The van der Waals surface area contributed by atoms with Crippen molar-refractivity contribution >= 4 is 17.9 Å². The first-order valence-corrected chi connectivity index (χ1v) is 7.50. The number of fused-ring (bicyclic) bond motifs is 2.